The third-order valence-electron chi connectivity index (χ3n) is 2.18. The topological polar surface area (TPSA) is 32.7 Å². The summed E-state index contributed by atoms with van der Waals surface area (Å²) in [7, 11) is 1.50. The lowest BCUT2D eigenvalue weighted by Crippen LogP contribution is -2.44. The number of hydrogen-bond donors (Lipinski definition) is 0. The molecular formula is C9H7FN2OS. The van der Waals surface area contributed by atoms with Gasteiger partial charge in [-0.25, -0.2) is 9.38 Å². The van der Waals surface area contributed by atoms with Crippen LogP contribution in [0.1, 0.15) is 0 Å². The zero-order valence-corrected chi connectivity index (χ0v) is 8.21. The van der Waals surface area contributed by atoms with Gasteiger partial charge in [0.15, 0.2) is 0 Å². The number of hydrogen-bond acceptors (Lipinski definition) is 2. The van der Waals surface area contributed by atoms with Crippen LogP contribution in [0.5, 0.6) is 0 Å². The lowest BCUT2D eigenvalue weighted by Gasteiger charge is -2.27. The number of thiocarbonyl (C=S) groups is 1. The predicted molar refractivity (Wildman–Crippen MR) is 54.6 cm³/mol. The maximum absolute atomic E-state index is 13.3. The van der Waals surface area contributed by atoms with Gasteiger partial charge < -0.3 is 0 Å². The zero-order valence-electron chi connectivity index (χ0n) is 7.40. The molecule has 2 rings (SSSR count). The molecule has 0 fully saturated rings. The standard InChI is InChI=1S/C9H7FN2OS/c1-12-8(13)7-5(10)3-2-4-6(7)11-9(12)14/h2-4,7H,1H3. The number of halogens is 1. The Bertz CT molecular complexity index is 411. The second kappa shape index (κ2) is 3.09. The number of carbonyl (C=O) groups excluding carboxylic acids is 1. The Morgan fingerprint density at radius 3 is 3.07 bits per heavy atom. The largest absolute Gasteiger partial charge is 0.290 e. The summed E-state index contributed by atoms with van der Waals surface area (Å²) < 4.78 is 13.3. The van der Waals surface area contributed by atoms with E-state index in [9.17, 15) is 9.18 Å². The van der Waals surface area contributed by atoms with E-state index in [1.807, 2.05) is 0 Å². The van der Waals surface area contributed by atoms with Gasteiger partial charge in [0.1, 0.15) is 11.7 Å². The zero-order chi connectivity index (χ0) is 10.3. The van der Waals surface area contributed by atoms with Crippen LogP contribution in [0.4, 0.5) is 4.39 Å². The molecule has 1 unspecified atom stereocenters. The van der Waals surface area contributed by atoms with E-state index in [-0.39, 0.29) is 11.0 Å². The summed E-state index contributed by atoms with van der Waals surface area (Å²) in [6, 6.07) is 0. The van der Waals surface area contributed by atoms with Gasteiger partial charge in [0.05, 0.1) is 5.71 Å². The maximum Gasteiger partial charge on any atom is 0.244 e. The minimum Gasteiger partial charge on any atom is -0.290 e. The van der Waals surface area contributed by atoms with Crippen molar-refractivity contribution in [3.63, 3.8) is 0 Å². The first-order valence-electron chi connectivity index (χ1n) is 4.05. The maximum atomic E-state index is 13.3. The summed E-state index contributed by atoms with van der Waals surface area (Å²) in [5.41, 5.74) is 0.387. The summed E-state index contributed by atoms with van der Waals surface area (Å²) >= 11 is 4.85. The van der Waals surface area contributed by atoms with Crippen molar-refractivity contribution in [2.45, 2.75) is 0 Å². The molecule has 3 nitrogen and oxygen atoms in total. The molecule has 0 aromatic carbocycles. The quantitative estimate of drug-likeness (QED) is 0.563. The van der Waals surface area contributed by atoms with Crippen molar-refractivity contribution in [2.24, 2.45) is 10.9 Å². The first-order valence-corrected chi connectivity index (χ1v) is 4.46. The van der Waals surface area contributed by atoms with Gasteiger partial charge in [0.2, 0.25) is 11.0 Å². The Labute approximate surface area is 85.6 Å². The van der Waals surface area contributed by atoms with Crippen LogP contribution in [0.2, 0.25) is 0 Å². The molecule has 14 heavy (non-hydrogen) atoms. The molecule has 0 radical (unpaired) electrons. The van der Waals surface area contributed by atoms with Crippen LogP contribution in [0.3, 0.4) is 0 Å². The van der Waals surface area contributed by atoms with Gasteiger partial charge in [-0.2, -0.15) is 0 Å². The fourth-order valence-corrected chi connectivity index (χ4v) is 1.59. The minimum atomic E-state index is -0.892. The molecule has 0 bridgehead atoms. The number of nitrogens with zero attached hydrogens (tertiary/aromatic N) is 2. The van der Waals surface area contributed by atoms with E-state index >= 15 is 0 Å². The third kappa shape index (κ3) is 1.21. The van der Waals surface area contributed by atoms with Gasteiger partial charge in [-0.05, 0) is 24.4 Å². The van der Waals surface area contributed by atoms with Gasteiger partial charge in [-0.15, -0.1) is 0 Å². The van der Waals surface area contributed by atoms with Gasteiger partial charge in [-0.1, -0.05) is 6.08 Å². The van der Waals surface area contributed by atoms with Crippen LogP contribution in [-0.2, 0) is 4.79 Å². The number of fused-ring (bicyclic) bond motifs is 1. The van der Waals surface area contributed by atoms with Crippen LogP contribution in [-0.4, -0.2) is 28.7 Å². The van der Waals surface area contributed by atoms with E-state index in [0.29, 0.717) is 5.71 Å². The van der Waals surface area contributed by atoms with Crippen molar-refractivity contribution in [2.75, 3.05) is 7.05 Å². The smallest absolute Gasteiger partial charge is 0.244 e. The molecule has 0 saturated carbocycles. The summed E-state index contributed by atoms with van der Waals surface area (Å²) in [4.78, 5) is 16.8. The average Bonchev–Trinajstić information content (AvgIpc) is 2.14. The van der Waals surface area contributed by atoms with E-state index in [0.717, 1.165) is 0 Å². The molecular weight excluding hydrogens is 203 g/mol. The van der Waals surface area contributed by atoms with E-state index in [1.165, 1.54) is 24.1 Å². The Morgan fingerprint density at radius 2 is 2.36 bits per heavy atom. The van der Waals surface area contributed by atoms with Gasteiger partial charge in [0.25, 0.3) is 0 Å². The molecule has 5 heteroatoms. The van der Waals surface area contributed by atoms with Crippen molar-refractivity contribution < 1.29 is 9.18 Å². The van der Waals surface area contributed by atoms with Crippen LogP contribution >= 0.6 is 12.2 Å². The van der Waals surface area contributed by atoms with Crippen LogP contribution in [0.25, 0.3) is 0 Å². The molecule has 1 heterocycles. The monoisotopic (exact) mass is 210 g/mol. The van der Waals surface area contributed by atoms with Crippen molar-refractivity contribution in [1.82, 2.24) is 4.90 Å². The predicted octanol–water partition coefficient (Wildman–Crippen LogP) is 1.22. The molecule has 1 atom stereocenters. The molecule has 0 saturated heterocycles. The van der Waals surface area contributed by atoms with E-state index < -0.39 is 11.7 Å². The summed E-state index contributed by atoms with van der Waals surface area (Å²) in [6.07, 6.45) is 4.39. The summed E-state index contributed by atoms with van der Waals surface area (Å²) in [5, 5.41) is 0.181. The summed E-state index contributed by atoms with van der Waals surface area (Å²) in [5.74, 6) is -1.74. The highest BCUT2D eigenvalue weighted by atomic mass is 32.1. The molecule has 1 aliphatic carbocycles. The van der Waals surface area contributed by atoms with E-state index in [1.54, 1.807) is 6.08 Å². The number of carbonyl (C=O) groups is 1. The number of amides is 1. The van der Waals surface area contributed by atoms with Crippen LogP contribution in [0, 0.1) is 5.92 Å². The second-order valence-corrected chi connectivity index (χ2v) is 3.43. The highest BCUT2D eigenvalue weighted by Gasteiger charge is 2.36. The Kier molecular flexibility index (Phi) is 2.03. The minimum absolute atomic E-state index is 0.181. The van der Waals surface area contributed by atoms with Crippen LogP contribution in [0.15, 0.2) is 29.0 Å². The van der Waals surface area contributed by atoms with Crippen molar-refractivity contribution in [1.29, 1.82) is 0 Å². The molecule has 0 aromatic rings. The Morgan fingerprint density at radius 1 is 1.64 bits per heavy atom. The molecule has 2 aliphatic rings. The molecule has 1 amide bonds. The number of aliphatic imine (C=N–C) groups is 1. The van der Waals surface area contributed by atoms with Crippen LogP contribution < -0.4 is 0 Å². The van der Waals surface area contributed by atoms with Gasteiger partial charge >= 0.3 is 0 Å². The number of allylic oxidation sites excluding steroid dienone is 3. The van der Waals surface area contributed by atoms with Crippen molar-refractivity contribution in [3.8, 4) is 0 Å². The first kappa shape index (κ1) is 9.21. The third-order valence-corrected chi connectivity index (χ3v) is 2.55. The van der Waals surface area contributed by atoms with Crippen molar-refractivity contribution >= 4 is 28.9 Å². The van der Waals surface area contributed by atoms with E-state index in [2.05, 4.69) is 4.99 Å². The number of rotatable bonds is 0. The lowest BCUT2D eigenvalue weighted by atomic mass is 9.94. The molecule has 0 N–H and O–H groups in total. The second-order valence-electron chi connectivity index (χ2n) is 3.06. The van der Waals surface area contributed by atoms with E-state index in [4.69, 9.17) is 12.2 Å². The SMILES string of the molecule is CN1C(=O)C2C(F)=CC=CC2=NC1=S. The van der Waals surface area contributed by atoms with Gasteiger partial charge in [0, 0.05) is 7.05 Å². The lowest BCUT2D eigenvalue weighted by molar-refractivity contribution is -0.128. The molecule has 0 aromatic heterocycles. The highest BCUT2D eigenvalue weighted by molar-refractivity contribution is 7.80. The fraction of sp³-hybridized carbons (Fsp3) is 0.222. The first-order chi connectivity index (χ1) is 6.61. The van der Waals surface area contributed by atoms with Crippen molar-refractivity contribution in [3.05, 3.63) is 24.1 Å². The molecule has 0 spiro atoms. The fourth-order valence-electron chi connectivity index (χ4n) is 1.39. The summed E-state index contributed by atoms with van der Waals surface area (Å²) in [6.45, 7) is 0. The normalized spacial score (nSPS) is 25.9. The van der Waals surface area contributed by atoms with Gasteiger partial charge in [-0.3, -0.25) is 9.69 Å². The molecule has 72 valence electrons. The average molecular weight is 210 g/mol. The Balaban J connectivity index is 2.51. The highest BCUT2D eigenvalue weighted by Crippen LogP contribution is 2.25. The Hall–Kier alpha value is -1.36. The molecule has 1 aliphatic heterocycles.